The van der Waals surface area contributed by atoms with E-state index in [1.807, 2.05) is 60.7 Å². The molecule has 128 valence electrons. The fourth-order valence-electron chi connectivity index (χ4n) is 2.60. The van der Waals surface area contributed by atoms with E-state index < -0.39 is 0 Å². The van der Waals surface area contributed by atoms with Gasteiger partial charge in [0, 0.05) is 17.5 Å². The number of esters is 1. The van der Waals surface area contributed by atoms with Crippen LogP contribution in [0, 0.1) is 11.3 Å². The van der Waals surface area contributed by atoms with Crippen molar-refractivity contribution in [3.05, 3.63) is 71.8 Å². The van der Waals surface area contributed by atoms with Crippen molar-refractivity contribution < 1.29 is 9.53 Å². The first-order chi connectivity index (χ1) is 12.2. The molecule has 0 aliphatic carbocycles. The zero-order valence-electron chi connectivity index (χ0n) is 14.4. The Kier molecular flexibility index (Phi) is 7.40. The minimum absolute atomic E-state index is 0.212. The van der Waals surface area contributed by atoms with Gasteiger partial charge in [-0.15, -0.1) is 0 Å². The average molecular weight is 334 g/mol. The fraction of sp³-hybridized carbons (Fsp3) is 0.286. The van der Waals surface area contributed by atoms with E-state index in [4.69, 9.17) is 15.0 Å². The summed E-state index contributed by atoms with van der Waals surface area (Å²) in [5.41, 5.74) is 2.86. The minimum Gasteiger partial charge on any atom is -0.469 e. The van der Waals surface area contributed by atoms with E-state index in [2.05, 4.69) is 6.07 Å². The molecule has 0 aromatic heterocycles. The molecule has 25 heavy (non-hydrogen) atoms. The molecule has 2 aromatic carbocycles. The minimum atomic E-state index is -0.286. The maximum Gasteiger partial charge on any atom is 0.307 e. The van der Waals surface area contributed by atoms with E-state index in [1.165, 1.54) is 7.11 Å². The van der Waals surface area contributed by atoms with Crippen molar-refractivity contribution in [1.29, 1.82) is 5.26 Å². The first kappa shape index (κ1) is 18.4. The molecule has 1 unspecified atom stereocenters. The van der Waals surface area contributed by atoms with Crippen molar-refractivity contribution >= 4 is 11.7 Å². The van der Waals surface area contributed by atoms with Gasteiger partial charge in [0.2, 0.25) is 0 Å². The Morgan fingerprint density at radius 2 is 1.64 bits per heavy atom. The van der Waals surface area contributed by atoms with Crippen LogP contribution in [0.3, 0.4) is 0 Å². The van der Waals surface area contributed by atoms with Gasteiger partial charge in [-0.2, -0.15) is 5.26 Å². The Balaban J connectivity index is 2.37. The Hall–Kier alpha value is -2.93. The third kappa shape index (κ3) is 5.89. The van der Waals surface area contributed by atoms with Crippen molar-refractivity contribution in [3.8, 4) is 6.07 Å². The first-order valence-electron chi connectivity index (χ1n) is 8.37. The third-order valence-electron chi connectivity index (χ3n) is 3.86. The van der Waals surface area contributed by atoms with Gasteiger partial charge >= 0.3 is 5.97 Å². The lowest BCUT2D eigenvalue weighted by Gasteiger charge is -2.15. The number of rotatable bonds is 8. The molecule has 4 heteroatoms. The standard InChI is InChI=1S/C21H22N2O2/c1-25-20(24)16-19(14-8-9-15-22)23-21(17-10-4-2-5-11-17)18-12-6-3-7-13-18/h2-7,10-13,19H,8-9,14,16H2,1H3. The van der Waals surface area contributed by atoms with Crippen molar-refractivity contribution in [1.82, 2.24) is 0 Å². The zero-order chi connectivity index (χ0) is 17.9. The van der Waals surface area contributed by atoms with Gasteiger partial charge in [-0.25, -0.2) is 0 Å². The summed E-state index contributed by atoms with van der Waals surface area (Å²) in [4.78, 5) is 16.6. The summed E-state index contributed by atoms with van der Waals surface area (Å²) in [7, 11) is 1.38. The maximum absolute atomic E-state index is 11.8. The van der Waals surface area contributed by atoms with Crippen molar-refractivity contribution in [2.24, 2.45) is 4.99 Å². The Labute approximate surface area is 148 Å². The number of hydrogen-bond donors (Lipinski definition) is 0. The first-order valence-corrected chi connectivity index (χ1v) is 8.37. The van der Waals surface area contributed by atoms with Gasteiger partial charge in [0.25, 0.3) is 0 Å². The van der Waals surface area contributed by atoms with Crippen molar-refractivity contribution in [2.75, 3.05) is 7.11 Å². The highest BCUT2D eigenvalue weighted by Crippen LogP contribution is 2.16. The number of hydrogen-bond acceptors (Lipinski definition) is 4. The lowest BCUT2D eigenvalue weighted by molar-refractivity contribution is -0.141. The van der Waals surface area contributed by atoms with Gasteiger partial charge < -0.3 is 4.74 Å². The molecule has 0 fully saturated rings. The van der Waals surface area contributed by atoms with Crippen LogP contribution < -0.4 is 0 Å². The summed E-state index contributed by atoms with van der Waals surface area (Å²) < 4.78 is 4.81. The molecule has 0 amide bonds. The molecule has 0 aliphatic rings. The van der Waals surface area contributed by atoms with E-state index in [9.17, 15) is 4.79 Å². The van der Waals surface area contributed by atoms with E-state index in [1.54, 1.807) is 0 Å². The second kappa shape index (κ2) is 10.0. The predicted octanol–water partition coefficient (Wildman–Crippen LogP) is 4.15. The van der Waals surface area contributed by atoms with Crippen molar-refractivity contribution in [2.45, 2.75) is 31.7 Å². The highest BCUT2D eigenvalue weighted by Gasteiger charge is 2.16. The van der Waals surface area contributed by atoms with Crippen LogP contribution in [0.1, 0.15) is 36.8 Å². The third-order valence-corrected chi connectivity index (χ3v) is 3.86. The lowest BCUT2D eigenvalue weighted by atomic mass is 10.0. The van der Waals surface area contributed by atoms with Crippen molar-refractivity contribution in [3.63, 3.8) is 0 Å². The molecular formula is C21H22N2O2. The van der Waals surface area contributed by atoms with Gasteiger partial charge in [-0.1, -0.05) is 60.7 Å². The van der Waals surface area contributed by atoms with E-state index >= 15 is 0 Å². The molecular weight excluding hydrogens is 312 g/mol. The molecule has 2 rings (SSSR count). The van der Waals surface area contributed by atoms with Crippen LogP contribution in [0.15, 0.2) is 65.7 Å². The number of carbonyl (C=O) groups excluding carboxylic acids is 1. The number of methoxy groups -OCH3 is 1. The van der Waals surface area contributed by atoms with Gasteiger partial charge in [0.1, 0.15) is 0 Å². The molecule has 0 saturated carbocycles. The topological polar surface area (TPSA) is 62.5 Å². The summed E-state index contributed by atoms with van der Waals surface area (Å²) in [6, 6.07) is 21.8. The van der Waals surface area contributed by atoms with Crippen LogP contribution in [0.5, 0.6) is 0 Å². The monoisotopic (exact) mass is 334 g/mol. The molecule has 0 heterocycles. The van der Waals surface area contributed by atoms with E-state index in [0.29, 0.717) is 19.3 Å². The summed E-state index contributed by atoms with van der Waals surface area (Å²) in [5.74, 6) is -0.286. The highest BCUT2D eigenvalue weighted by atomic mass is 16.5. The number of nitrogens with zero attached hydrogens (tertiary/aromatic N) is 2. The Morgan fingerprint density at radius 3 is 2.12 bits per heavy atom. The van der Waals surface area contributed by atoms with Crippen LogP contribution in [-0.2, 0) is 9.53 Å². The smallest absolute Gasteiger partial charge is 0.307 e. The molecule has 4 nitrogen and oxygen atoms in total. The normalized spacial score (nSPS) is 11.2. The number of aliphatic imine (C=N–C) groups is 1. The number of carbonyl (C=O) groups is 1. The van der Waals surface area contributed by atoms with E-state index in [0.717, 1.165) is 16.8 Å². The SMILES string of the molecule is COC(=O)CC(CCCC#N)N=C(c1ccccc1)c1ccccc1. The van der Waals surface area contributed by atoms with Crippen LogP contribution in [0.25, 0.3) is 0 Å². The lowest BCUT2D eigenvalue weighted by Crippen LogP contribution is -2.17. The Bertz CT molecular complexity index is 692. The van der Waals surface area contributed by atoms with Crippen LogP contribution >= 0.6 is 0 Å². The van der Waals surface area contributed by atoms with Crippen LogP contribution in [-0.4, -0.2) is 24.8 Å². The molecule has 0 spiro atoms. The second-order valence-electron chi connectivity index (χ2n) is 5.69. The Morgan fingerprint density at radius 1 is 1.08 bits per heavy atom. The fourth-order valence-corrected chi connectivity index (χ4v) is 2.60. The number of benzene rings is 2. The maximum atomic E-state index is 11.8. The summed E-state index contributed by atoms with van der Waals surface area (Å²) in [6.07, 6.45) is 2.05. The molecule has 0 bridgehead atoms. The quantitative estimate of drug-likeness (QED) is 0.414. The summed E-state index contributed by atoms with van der Waals surface area (Å²) in [6.45, 7) is 0. The number of ether oxygens (including phenoxy) is 1. The van der Waals surface area contributed by atoms with Crippen LogP contribution in [0.2, 0.25) is 0 Å². The highest BCUT2D eigenvalue weighted by molar-refractivity contribution is 6.13. The van der Waals surface area contributed by atoms with Gasteiger partial charge in [0.05, 0.1) is 31.4 Å². The molecule has 2 aromatic rings. The molecule has 1 atom stereocenters. The average Bonchev–Trinajstić information content (AvgIpc) is 2.67. The van der Waals surface area contributed by atoms with Crippen LogP contribution in [0.4, 0.5) is 0 Å². The molecule has 0 aliphatic heterocycles. The molecule has 0 N–H and O–H groups in total. The van der Waals surface area contributed by atoms with Gasteiger partial charge in [-0.3, -0.25) is 9.79 Å². The van der Waals surface area contributed by atoms with Gasteiger partial charge in [-0.05, 0) is 12.8 Å². The summed E-state index contributed by atoms with van der Waals surface area (Å²) >= 11 is 0. The van der Waals surface area contributed by atoms with Gasteiger partial charge in [0.15, 0.2) is 0 Å². The largest absolute Gasteiger partial charge is 0.469 e. The summed E-state index contributed by atoms with van der Waals surface area (Å²) in [5, 5.41) is 8.77. The molecule has 0 radical (unpaired) electrons. The second-order valence-corrected chi connectivity index (χ2v) is 5.69. The number of nitriles is 1. The number of unbranched alkanes of at least 4 members (excludes halogenated alkanes) is 1. The molecule has 0 saturated heterocycles. The zero-order valence-corrected chi connectivity index (χ0v) is 14.4. The van der Waals surface area contributed by atoms with E-state index in [-0.39, 0.29) is 18.4 Å². The predicted molar refractivity (Wildman–Crippen MR) is 98.4 cm³/mol.